The van der Waals surface area contributed by atoms with Crippen LogP contribution in [0.2, 0.25) is 0 Å². The van der Waals surface area contributed by atoms with Gasteiger partial charge in [-0.2, -0.15) is 5.26 Å². The Morgan fingerprint density at radius 2 is 1.89 bits per heavy atom. The molecule has 1 N–H and O–H groups in total. The van der Waals surface area contributed by atoms with Gasteiger partial charge in [0.25, 0.3) is 5.91 Å². The maximum Gasteiger partial charge on any atom is 0.255 e. The van der Waals surface area contributed by atoms with E-state index in [0.29, 0.717) is 39.4 Å². The minimum Gasteiger partial charge on any atom is -0.493 e. The minimum atomic E-state index is -0.316. The summed E-state index contributed by atoms with van der Waals surface area (Å²) in [5, 5.41) is 11.8. The highest BCUT2D eigenvalue weighted by Crippen LogP contribution is 2.37. The topological polar surface area (TPSA) is 71.3 Å². The number of hydrogen-bond acceptors (Lipinski definition) is 4. The molecule has 0 radical (unpaired) electrons. The Kier molecular flexibility index (Phi) is 6.30. The van der Waals surface area contributed by atoms with Crippen molar-refractivity contribution in [3.63, 3.8) is 0 Å². The van der Waals surface area contributed by atoms with E-state index in [1.165, 1.54) is 7.11 Å². The van der Waals surface area contributed by atoms with Crippen molar-refractivity contribution in [2.75, 3.05) is 12.4 Å². The van der Waals surface area contributed by atoms with Crippen molar-refractivity contribution in [3.05, 3.63) is 87.9 Å². The van der Waals surface area contributed by atoms with Gasteiger partial charge in [0, 0.05) is 11.3 Å². The van der Waals surface area contributed by atoms with Gasteiger partial charge in [-0.25, -0.2) is 0 Å². The van der Waals surface area contributed by atoms with E-state index in [-0.39, 0.29) is 5.91 Å². The van der Waals surface area contributed by atoms with E-state index >= 15 is 0 Å². The zero-order chi connectivity index (χ0) is 19.9. The zero-order valence-electron chi connectivity index (χ0n) is 15.1. The van der Waals surface area contributed by atoms with Crippen LogP contribution in [0.3, 0.4) is 0 Å². The van der Waals surface area contributed by atoms with Crippen molar-refractivity contribution in [1.29, 1.82) is 5.26 Å². The van der Waals surface area contributed by atoms with Crippen LogP contribution >= 0.6 is 15.9 Å². The van der Waals surface area contributed by atoms with Gasteiger partial charge in [-0.1, -0.05) is 36.4 Å². The number of carbonyl (C=O) groups excluding carboxylic acids is 1. The fourth-order valence-electron chi connectivity index (χ4n) is 2.59. The number of ether oxygens (including phenoxy) is 2. The molecule has 140 valence electrons. The first-order valence-electron chi connectivity index (χ1n) is 8.46. The van der Waals surface area contributed by atoms with Crippen molar-refractivity contribution in [2.45, 2.75) is 6.61 Å². The van der Waals surface area contributed by atoms with E-state index < -0.39 is 0 Å². The molecular formula is C22H17BrN2O3. The van der Waals surface area contributed by atoms with E-state index in [9.17, 15) is 4.79 Å². The molecule has 0 fully saturated rings. The van der Waals surface area contributed by atoms with Gasteiger partial charge in [0.15, 0.2) is 11.5 Å². The van der Waals surface area contributed by atoms with Crippen molar-refractivity contribution >= 4 is 27.5 Å². The number of benzene rings is 3. The van der Waals surface area contributed by atoms with E-state index in [2.05, 4.69) is 21.2 Å². The fourth-order valence-corrected chi connectivity index (χ4v) is 3.15. The molecule has 0 saturated heterocycles. The number of methoxy groups -OCH3 is 1. The predicted octanol–water partition coefficient (Wildman–Crippen LogP) is 5.16. The number of nitrogens with zero attached hydrogens (tertiary/aromatic N) is 1. The zero-order valence-corrected chi connectivity index (χ0v) is 16.7. The summed E-state index contributed by atoms with van der Waals surface area (Å²) in [5.41, 5.74) is 2.44. The second kappa shape index (κ2) is 9.07. The molecule has 0 spiro atoms. The van der Waals surface area contributed by atoms with Gasteiger partial charge in [0.1, 0.15) is 6.61 Å². The number of anilines is 1. The third-order valence-electron chi connectivity index (χ3n) is 3.97. The number of nitrogens with one attached hydrogen (secondary N) is 1. The highest BCUT2D eigenvalue weighted by Gasteiger charge is 2.16. The third-order valence-corrected chi connectivity index (χ3v) is 4.56. The Morgan fingerprint density at radius 1 is 1.11 bits per heavy atom. The van der Waals surface area contributed by atoms with Gasteiger partial charge in [-0.3, -0.25) is 4.79 Å². The standard InChI is InChI=1S/C22H17BrN2O3/c1-27-20-12-17(22(26)25-18-9-5-8-16(10-18)13-24)11-19(23)21(20)28-14-15-6-3-2-4-7-15/h2-12H,14H2,1H3,(H,25,26). The molecule has 0 aliphatic rings. The lowest BCUT2D eigenvalue weighted by Gasteiger charge is -2.14. The van der Waals surface area contributed by atoms with Crippen LogP contribution in [0.25, 0.3) is 0 Å². The first kappa shape index (κ1) is 19.5. The van der Waals surface area contributed by atoms with Crippen molar-refractivity contribution in [1.82, 2.24) is 0 Å². The van der Waals surface area contributed by atoms with Crippen LogP contribution in [-0.4, -0.2) is 13.0 Å². The molecule has 1 amide bonds. The lowest BCUT2D eigenvalue weighted by molar-refractivity contribution is 0.102. The summed E-state index contributed by atoms with van der Waals surface area (Å²) in [6.07, 6.45) is 0. The predicted molar refractivity (Wildman–Crippen MR) is 111 cm³/mol. The van der Waals surface area contributed by atoms with Crippen LogP contribution in [-0.2, 0) is 6.61 Å². The second-order valence-electron chi connectivity index (χ2n) is 5.91. The molecule has 0 aliphatic carbocycles. The normalized spacial score (nSPS) is 10.0. The van der Waals surface area contributed by atoms with Crippen LogP contribution < -0.4 is 14.8 Å². The molecule has 0 bridgehead atoms. The number of amides is 1. The highest BCUT2D eigenvalue weighted by atomic mass is 79.9. The van der Waals surface area contributed by atoms with Crippen molar-refractivity contribution in [2.24, 2.45) is 0 Å². The number of carbonyl (C=O) groups is 1. The SMILES string of the molecule is COc1cc(C(=O)Nc2cccc(C#N)c2)cc(Br)c1OCc1ccccc1. The molecule has 0 saturated carbocycles. The highest BCUT2D eigenvalue weighted by molar-refractivity contribution is 9.10. The maximum absolute atomic E-state index is 12.6. The van der Waals surface area contributed by atoms with E-state index in [4.69, 9.17) is 14.7 Å². The Hall–Kier alpha value is -3.30. The summed E-state index contributed by atoms with van der Waals surface area (Å²) in [5.74, 6) is 0.652. The summed E-state index contributed by atoms with van der Waals surface area (Å²) >= 11 is 3.46. The van der Waals surface area contributed by atoms with Gasteiger partial charge in [-0.15, -0.1) is 0 Å². The molecule has 6 heteroatoms. The molecule has 0 aromatic heterocycles. The molecule has 0 heterocycles. The second-order valence-corrected chi connectivity index (χ2v) is 6.76. The van der Waals surface area contributed by atoms with Crippen LogP contribution in [0.5, 0.6) is 11.5 Å². The maximum atomic E-state index is 12.6. The van der Waals surface area contributed by atoms with Gasteiger partial charge in [0.2, 0.25) is 0 Å². The summed E-state index contributed by atoms with van der Waals surface area (Å²) in [4.78, 5) is 12.6. The summed E-state index contributed by atoms with van der Waals surface area (Å²) in [6, 6.07) is 21.8. The van der Waals surface area contributed by atoms with Gasteiger partial charge in [-0.05, 0) is 51.8 Å². The van der Waals surface area contributed by atoms with E-state index in [1.54, 1.807) is 36.4 Å². The quantitative estimate of drug-likeness (QED) is 0.578. The van der Waals surface area contributed by atoms with E-state index in [0.717, 1.165) is 5.56 Å². The average molecular weight is 437 g/mol. The average Bonchev–Trinajstić information content (AvgIpc) is 2.73. The number of rotatable bonds is 6. The molecule has 0 unspecified atom stereocenters. The largest absolute Gasteiger partial charge is 0.493 e. The Labute approximate surface area is 171 Å². The first-order chi connectivity index (χ1) is 13.6. The lowest BCUT2D eigenvalue weighted by atomic mass is 10.1. The van der Waals surface area contributed by atoms with Gasteiger partial charge in [0.05, 0.1) is 23.2 Å². The van der Waals surface area contributed by atoms with Crippen LogP contribution in [0, 0.1) is 11.3 Å². The summed E-state index contributed by atoms with van der Waals surface area (Å²) < 4.78 is 11.9. The molecular weight excluding hydrogens is 420 g/mol. The Morgan fingerprint density at radius 3 is 2.61 bits per heavy atom. The number of nitriles is 1. The number of hydrogen-bond donors (Lipinski definition) is 1. The monoisotopic (exact) mass is 436 g/mol. The van der Waals surface area contributed by atoms with Crippen LogP contribution in [0.4, 0.5) is 5.69 Å². The lowest BCUT2D eigenvalue weighted by Crippen LogP contribution is -2.12. The van der Waals surface area contributed by atoms with Gasteiger partial charge < -0.3 is 14.8 Å². The molecule has 3 aromatic carbocycles. The van der Waals surface area contributed by atoms with Crippen molar-refractivity contribution < 1.29 is 14.3 Å². The molecule has 0 aliphatic heterocycles. The molecule has 3 rings (SSSR count). The van der Waals surface area contributed by atoms with Gasteiger partial charge >= 0.3 is 0 Å². The summed E-state index contributed by atoms with van der Waals surface area (Å²) in [7, 11) is 1.52. The Balaban J connectivity index is 1.80. The molecule has 0 atom stereocenters. The smallest absolute Gasteiger partial charge is 0.255 e. The first-order valence-corrected chi connectivity index (χ1v) is 9.26. The fraction of sp³-hybridized carbons (Fsp3) is 0.0909. The molecule has 5 nitrogen and oxygen atoms in total. The number of halogens is 1. The Bertz CT molecular complexity index is 1030. The third kappa shape index (κ3) is 4.70. The minimum absolute atomic E-state index is 0.316. The van der Waals surface area contributed by atoms with Crippen LogP contribution in [0.15, 0.2) is 71.2 Å². The summed E-state index contributed by atoms with van der Waals surface area (Å²) in [6.45, 7) is 0.377. The van der Waals surface area contributed by atoms with Crippen LogP contribution in [0.1, 0.15) is 21.5 Å². The van der Waals surface area contributed by atoms with E-state index in [1.807, 2.05) is 36.4 Å². The molecule has 3 aromatic rings. The van der Waals surface area contributed by atoms with Crippen molar-refractivity contribution in [3.8, 4) is 17.6 Å². The molecule has 28 heavy (non-hydrogen) atoms.